The van der Waals surface area contributed by atoms with E-state index in [0.29, 0.717) is 23.5 Å². The van der Waals surface area contributed by atoms with Crippen LogP contribution in [0.5, 0.6) is 0 Å². The lowest BCUT2D eigenvalue weighted by molar-refractivity contribution is 0.0942. The molecule has 0 saturated heterocycles. The maximum Gasteiger partial charge on any atom is 0.252 e. The van der Waals surface area contributed by atoms with Crippen LogP contribution in [0.1, 0.15) is 36.0 Å². The van der Waals surface area contributed by atoms with Gasteiger partial charge < -0.3 is 15.5 Å². The predicted octanol–water partition coefficient (Wildman–Crippen LogP) is 3.71. The zero-order chi connectivity index (χ0) is 19.2. The maximum atomic E-state index is 12.3. The first kappa shape index (κ1) is 19.6. The van der Waals surface area contributed by atoms with Gasteiger partial charge in [0.25, 0.3) is 5.91 Å². The SMILES string of the molecule is CN(C)c1ccnc(NC2CCC(CNC(=O)c3ccccc3Br)CC2)n1. The van der Waals surface area contributed by atoms with Gasteiger partial charge in [-0.2, -0.15) is 4.98 Å². The molecule has 1 amide bonds. The fraction of sp³-hybridized carbons (Fsp3) is 0.450. The van der Waals surface area contributed by atoms with Crippen molar-refractivity contribution < 1.29 is 4.79 Å². The maximum absolute atomic E-state index is 12.3. The van der Waals surface area contributed by atoms with Gasteiger partial charge in [0.15, 0.2) is 0 Å². The number of hydrogen-bond acceptors (Lipinski definition) is 5. The van der Waals surface area contributed by atoms with Crippen LogP contribution < -0.4 is 15.5 Å². The minimum Gasteiger partial charge on any atom is -0.363 e. The van der Waals surface area contributed by atoms with Crippen LogP contribution in [0.3, 0.4) is 0 Å². The summed E-state index contributed by atoms with van der Waals surface area (Å²) < 4.78 is 0.829. The van der Waals surface area contributed by atoms with Gasteiger partial charge >= 0.3 is 0 Å². The molecular weight excluding hydrogens is 406 g/mol. The molecule has 0 unspecified atom stereocenters. The van der Waals surface area contributed by atoms with E-state index in [1.165, 1.54) is 0 Å². The zero-order valence-corrected chi connectivity index (χ0v) is 17.4. The summed E-state index contributed by atoms with van der Waals surface area (Å²) in [5.74, 6) is 2.09. The van der Waals surface area contributed by atoms with Gasteiger partial charge in [0, 0.05) is 37.4 Å². The third kappa shape index (κ3) is 5.42. The van der Waals surface area contributed by atoms with Gasteiger partial charge in [-0.1, -0.05) is 12.1 Å². The van der Waals surface area contributed by atoms with Crippen molar-refractivity contribution in [1.29, 1.82) is 0 Å². The number of nitrogens with zero attached hydrogens (tertiary/aromatic N) is 3. The third-order valence-electron chi connectivity index (χ3n) is 4.95. The second-order valence-corrected chi connectivity index (χ2v) is 8.04. The van der Waals surface area contributed by atoms with Crippen LogP contribution in [0.25, 0.3) is 0 Å². The fourth-order valence-corrected chi connectivity index (χ4v) is 3.80. The summed E-state index contributed by atoms with van der Waals surface area (Å²) in [6.07, 6.45) is 6.08. The van der Waals surface area contributed by atoms with E-state index in [4.69, 9.17) is 0 Å². The van der Waals surface area contributed by atoms with E-state index in [9.17, 15) is 4.79 Å². The number of benzene rings is 1. The topological polar surface area (TPSA) is 70.2 Å². The highest BCUT2D eigenvalue weighted by Crippen LogP contribution is 2.26. The van der Waals surface area contributed by atoms with E-state index in [-0.39, 0.29) is 5.91 Å². The second kappa shape index (κ2) is 9.17. The van der Waals surface area contributed by atoms with Gasteiger partial charge in [-0.25, -0.2) is 4.98 Å². The number of nitrogens with one attached hydrogen (secondary N) is 2. The Morgan fingerprint density at radius 3 is 2.63 bits per heavy atom. The molecular formula is C20H26BrN5O. The highest BCUT2D eigenvalue weighted by molar-refractivity contribution is 9.10. The number of amides is 1. The molecule has 1 fully saturated rings. The zero-order valence-electron chi connectivity index (χ0n) is 15.8. The molecule has 1 aromatic carbocycles. The quantitative estimate of drug-likeness (QED) is 0.729. The number of aromatic nitrogens is 2. The molecule has 0 radical (unpaired) electrons. The Morgan fingerprint density at radius 1 is 1.19 bits per heavy atom. The molecule has 2 aromatic rings. The van der Waals surface area contributed by atoms with E-state index in [0.717, 1.165) is 42.5 Å². The van der Waals surface area contributed by atoms with Gasteiger partial charge in [-0.05, 0) is 65.7 Å². The minimum absolute atomic E-state index is 0.0170. The van der Waals surface area contributed by atoms with Gasteiger partial charge in [0.1, 0.15) is 5.82 Å². The summed E-state index contributed by atoms with van der Waals surface area (Å²) in [4.78, 5) is 23.2. The molecule has 7 heteroatoms. The lowest BCUT2D eigenvalue weighted by atomic mass is 9.86. The first-order valence-electron chi connectivity index (χ1n) is 9.32. The lowest BCUT2D eigenvalue weighted by Gasteiger charge is -2.29. The van der Waals surface area contributed by atoms with Gasteiger partial charge in [-0.3, -0.25) is 4.79 Å². The lowest BCUT2D eigenvalue weighted by Crippen LogP contribution is -2.34. The standard InChI is InChI=1S/C20H26BrN5O/c1-26(2)18-11-12-22-20(25-18)24-15-9-7-14(8-10-15)13-23-19(27)16-5-3-4-6-17(16)21/h3-6,11-12,14-15H,7-10,13H2,1-2H3,(H,23,27)(H,22,24,25). The van der Waals surface area contributed by atoms with E-state index in [1.54, 1.807) is 6.20 Å². The van der Waals surface area contributed by atoms with Crippen LogP contribution in [0.15, 0.2) is 41.0 Å². The van der Waals surface area contributed by atoms with Crippen molar-refractivity contribution in [3.63, 3.8) is 0 Å². The Labute approximate surface area is 168 Å². The number of carbonyl (C=O) groups is 1. The number of carbonyl (C=O) groups excluding carboxylic acids is 1. The molecule has 1 aliphatic carbocycles. The molecule has 1 saturated carbocycles. The molecule has 0 atom stereocenters. The first-order chi connectivity index (χ1) is 13.0. The molecule has 0 bridgehead atoms. The molecule has 144 valence electrons. The second-order valence-electron chi connectivity index (χ2n) is 7.18. The molecule has 1 heterocycles. The minimum atomic E-state index is -0.0170. The van der Waals surface area contributed by atoms with Crippen molar-refractivity contribution in [2.45, 2.75) is 31.7 Å². The summed E-state index contributed by atoms with van der Waals surface area (Å²) in [7, 11) is 3.94. The normalized spacial score (nSPS) is 19.4. The Hall–Kier alpha value is -2.15. The molecule has 3 rings (SSSR count). The fourth-order valence-electron chi connectivity index (χ4n) is 3.34. The van der Waals surface area contributed by atoms with E-state index in [2.05, 4.69) is 36.5 Å². The van der Waals surface area contributed by atoms with E-state index in [1.807, 2.05) is 49.3 Å². The number of anilines is 2. The Kier molecular flexibility index (Phi) is 6.66. The van der Waals surface area contributed by atoms with Crippen molar-refractivity contribution in [2.24, 2.45) is 5.92 Å². The molecule has 27 heavy (non-hydrogen) atoms. The Bertz CT molecular complexity index is 774. The molecule has 0 aliphatic heterocycles. The van der Waals surface area contributed by atoms with Gasteiger partial charge in [0.05, 0.1) is 5.56 Å². The summed E-state index contributed by atoms with van der Waals surface area (Å²) in [6.45, 7) is 0.722. The van der Waals surface area contributed by atoms with Crippen LogP contribution in [0, 0.1) is 5.92 Å². The van der Waals surface area contributed by atoms with Crippen molar-refractivity contribution in [2.75, 3.05) is 30.9 Å². The van der Waals surface area contributed by atoms with Crippen LogP contribution in [0.2, 0.25) is 0 Å². The molecule has 0 spiro atoms. The van der Waals surface area contributed by atoms with E-state index >= 15 is 0 Å². The van der Waals surface area contributed by atoms with Gasteiger partial charge in [-0.15, -0.1) is 0 Å². The molecule has 2 N–H and O–H groups in total. The summed E-state index contributed by atoms with van der Waals surface area (Å²) in [5, 5.41) is 6.53. The van der Waals surface area contributed by atoms with Crippen LogP contribution in [0.4, 0.5) is 11.8 Å². The smallest absolute Gasteiger partial charge is 0.252 e. The van der Waals surface area contributed by atoms with Crippen molar-refractivity contribution in [1.82, 2.24) is 15.3 Å². The van der Waals surface area contributed by atoms with Crippen LogP contribution >= 0.6 is 15.9 Å². The summed E-state index contributed by atoms with van der Waals surface area (Å²) in [6, 6.07) is 9.80. The van der Waals surface area contributed by atoms with Crippen molar-refractivity contribution in [3.05, 3.63) is 46.6 Å². The summed E-state index contributed by atoms with van der Waals surface area (Å²) >= 11 is 3.43. The number of rotatable bonds is 6. The predicted molar refractivity (Wildman–Crippen MR) is 112 cm³/mol. The average molecular weight is 432 g/mol. The summed E-state index contributed by atoms with van der Waals surface area (Å²) in [5.41, 5.74) is 0.686. The first-order valence-corrected chi connectivity index (χ1v) is 10.1. The van der Waals surface area contributed by atoms with Gasteiger partial charge in [0.2, 0.25) is 5.95 Å². The van der Waals surface area contributed by atoms with Crippen molar-refractivity contribution >= 4 is 33.6 Å². The van der Waals surface area contributed by atoms with E-state index < -0.39 is 0 Å². The van der Waals surface area contributed by atoms with Crippen LogP contribution in [-0.2, 0) is 0 Å². The molecule has 6 nitrogen and oxygen atoms in total. The Balaban J connectivity index is 1.44. The monoisotopic (exact) mass is 431 g/mol. The average Bonchev–Trinajstić information content (AvgIpc) is 2.68. The number of halogens is 1. The highest BCUT2D eigenvalue weighted by Gasteiger charge is 2.22. The highest BCUT2D eigenvalue weighted by atomic mass is 79.9. The third-order valence-corrected chi connectivity index (χ3v) is 5.64. The molecule has 1 aromatic heterocycles. The number of hydrogen-bond donors (Lipinski definition) is 2. The van der Waals surface area contributed by atoms with Crippen LogP contribution in [-0.4, -0.2) is 42.6 Å². The van der Waals surface area contributed by atoms with Crippen molar-refractivity contribution in [3.8, 4) is 0 Å². The molecule has 1 aliphatic rings. The Morgan fingerprint density at radius 2 is 1.93 bits per heavy atom. The largest absolute Gasteiger partial charge is 0.363 e.